The molecule has 0 saturated heterocycles. The van der Waals surface area contributed by atoms with Gasteiger partial charge in [0.25, 0.3) is 0 Å². The van der Waals surface area contributed by atoms with E-state index in [1.807, 2.05) is 12.1 Å². The highest BCUT2D eigenvalue weighted by Gasteiger charge is 2.17. The highest BCUT2D eigenvalue weighted by molar-refractivity contribution is 5.81. The van der Waals surface area contributed by atoms with Crippen LogP contribution in [0.5, 0.6) is 0 Å². The van der Waals surface area contributed by atoms with E-state index in [4.69, 9.17) is 5.73 Å². The summed E-state index contributed by atoms with van der Waals surface area (Å²) in [5.74, 6) is -0.366. The van der Waals surface area contributed by atoms with Crippen molar-refractivity contribution in [3.05, 3.63) is 36.3 Å². The van der Waals surface area contributed by atoms with Crippen molar-refractivity contribution in [3.63, 3.8) is 0 Å². The number of nitrogens with zero attached hydrogens (tertiary/aromatic N) is 2. The lowest BCUT2D eigenvalue weighted by atomic mass is 10.1. The van der Waals surface area contributed by atoms with E-state index in [2.05, 4.69) is 16.4 Å². The standard InChI is InChI=1S/C13H14N4O/c14-12(18)7-17-8-15-6-11(17)10-3-1-2-9-4-5-16-13(9)10/h1-3,6,8,16H,4-5,7H2,(H2,14,18). The largest absolute Gasteiger partial charge is 0.384 e. The summed E-state index contributed by atoms with van der Waals surface area (Å²) < 4.78 is 1.78. The Hall–Kier alpha value is -2.30. The van der Waals surface area contributed by atoms with Crippen LogP contribution in [0.25, 0.3) is 11.3 Å². The Morgan fingerprint density at radius 1 is 1.50 bits per heavy atom. The van der Waals surface area contributed by atoms with Crippen LogP contribution < -0.4 is 11.1 Å². The molecular formula is C13H14N4O. The number of primary amides is 1. The molecule has 0 fully saturated rings. The zero-order valence-electron chi connectivity index (χ0n) is 9.89. The lowest BCUT2D eigenvalue weighted by Gasteiger charge is -2.10. The monoisotopic (exact) mass is 242 g/mol. The van der Waals surface area contributed by atoms with E-state index in [0.717, 1.165) is 29.9 Å². The molecule has 5 heteroatoms. The van der Waals surface area contributed by atoms with Gasteiger partial charge in [-0.3, -0.25) is 4.79 Å². The van der Waals surface area contributed by atoms with Gasteiger partial charge in [-0.25, -0.2) is 4.98 Å². The van der Waals surface area contributed by atoms with Crippen molar-refractivity contribution in [1.82, 2.24) is 9.55 Å². The van der Waals surface area contributed by atoms with Crippen molar-refractivity contribution in [1.29, 1.82) is 0 Å². The Labute approximate surface area is 105 Å². The van der Waals surface area contributed by atoms with Gasteiger partial charge < -0.3 is 15.6 Å². The first-order valence-corrected chi connectivity index (χ1v) is 5.90. The first-order valence-electron chi connectivity index (χ1n) is 5.90. The molecule has 1 aliphatic rings. The summed E-state index contributed by atoms with van der Waals surface area (Å²) in [6.07, 6.45) is 4.43. The predicted octanol–water partition coefficient (Wildman–Crippen LogP) is 1.00. The van der Waals surface area contributed by atoms with Crippen LogP contribution in [0.1, 0.15) is 5.56 Å². The van der Waals surface area contributed by atoms with E-state index < -0.39 is 0 Å². The van der Waals surface area contributed by atoms with Crippen LogP contribution in [-0.2, 0) is 17.8 Å². The number of nitrogens with one attached hydrogen (secondary N) is 1. The third kappa shape index (κ3) is 1.73. The minimum Gasteiger partial charge on any atom is -0.384 e. The molecule has 3 N–H and O–H groups in total. The minimum atomic E-state index is -0.366. The van der Waals surface area contributed by atoms with Gasteiger partial charge in [0.2, 0.25) is 5.91 Å². The molecule has 0 unspecified atom stereocenters. The van der Waals surface area contributed by atoms with Crippen molar-refractivity contribution in [2.45, 2.75) is 13.0 Å². The maximum absolute atomic E-state index is 11.0. The van der Waals surface area contributed by atoms with E-state index in [1.165, 1.54) is 5.56 Å². The molecule has 0 aliphatic carbocycles. The molecule has 1 aromatic carbocycles. The first-order chi connectivity index (χ1) is 8.75. The topological polar surface area (TPSA) is 72.9 Å². The number of benzene rings is 1. The van der Waals surface area contributed by atoms with Gasteiger partial charge in [-0.2, -0.15) is 0 Å². The molecule has 92 valence electrons. The fourth-order valence-electron chi connectivity index (χ4n) is 2.39. The number of para-hydroxylation sites is 1. The summed E-state index contributed by atoms with van der Waals surface area (Å²) in [6, 6.07) is 6.18. The SMILES string of the molecule is NC(=O)Cn1cncc1-c1cccc2c1NCC2. The van der Waals surface area contributed by atoms with Crippen LogP contribution in [0, 0.1) is 0 Å². The second kappa shape index (κ2) is 4.18. The van der Waals surface area contributed by atoms with E-state index in [0.29, 0.717) is 0 Å². The molecule has 0 bridgehead atoms. The normalized spacial score (nSPS) is 13.1. The number of fused-ring (bicyclic) bond motifs is 1. The van der Waals surface area contributed by atoms with Gasteiger partial charge in [-0.1, -0.05) is 18.2 Å². The summed E-state index contributed by atoms with van der Waals surface area (Å²) in [6.45, 7) is 1.11. The number of carbonyl (C=O) groups excluding carboxylic acids is 1. The number of imidazole rings is 1. The number of rotatable bonds is 3. The second-order valence-electron chi connectivity index (χ2n) is 4.39. The van der Waals surface area contributed by atoms with Gasteiger partial charge in [0.15, 0.2) is 0 Å². The van der Waals surface area contributed by atoms with Crippen LogP contribution >= 0.6 is 0 Å². The summed E-state index contributed by atoms with van der Waals surface area (Å²) in [7, 11) is 0. The molecule has 0 spiro atoms. The Morgan fingerprint density at radius 2 is 2.39 bits per heavy atom. The maximum atomic E-state index is 11.0. The zero-order valence-corrected chi connectivity index (χ0v) is 9.89. The molecule has 0 saturated carbocycles. The molecule has 5 nitrogen and oxygen atoms in total. The lowest BCUT2D eigenvalue weighted by Crippen LogP contribution is -2.18. The highest BCUT2D eigenvalue weighted by Crippen LogP contribution is 2.33. The lowest BCUT2D eigenvalue weighted by molar-refractivity contribution is -0.118. The fraction of sp³-hybridized carbons (Fsp3) is 0.231. The molecule has 2 aromatic rings. The Morgan fingerprint density at radius 3 is 3.22 bits per heavy atom. The van der Waals surface area contributed by atoms with Crippen molar-refractivity contribution in [2.24, 2.45) is 5.73 Å². The van der Waals surface area contributed by atoms with E-state index >= 15 is 0 Å². The van der Waals surface area contributed by atoms with Crippen molar-refractivity contribution < 1.29 is 4.79 Å². The molecule has 1 amide bonds. The fourth-order valence-corrected chi connectivity index (χ4v) is 2.39. The Kier molecular flexibility index (Phi) is 2.51. The predicted molar refractivity (Wildman–Crippen MR) is 69.1 cm³/mol. The average Bonchev–Trinajstić information content (AvgIpc) is 2.95. The summed E-state index contributed by atoms with van der Waals surface area (Å²) in [5, 5.41) is 3.38. The molecule has 1 aromatic heterocycles. The number of anilines is 1. The van der Waals surface area contributed by atoms with E-state index in [9.17, 15) is 4.79 Å². The number of amides is 1. The van der Waals surface area contributed by atoms with Gasteiger partial charge in [-0.05, 0) is 12.0 Å². The van der Waals surface area contributed by atoms with Gasteiger partial charge in [0.05, 0.1) is 18.2 Å². The number of aromatic nitrogens is 2. The van der Waals surface area contributed by atoms with Gasteiger partial charge in [-0.15, -0.1) is 0 Å². The Bertz CT molecular complexity index is 603. The molecule has 1 aliphatic heterocycles. The smallest absolute Gasteiger partial charge is 0.237 e. The third-order valence-corrected chi connectivity index (χ3v) is 3.16. The van der Waals surface area contributed by atoms with Crippen LogP contribution in [0.15, 0.2) is 30.7 Å². The van der Waals surface area contributed by atoms with Crippen LogP contribution in [0.4, 0.5) is 5.69 Å². The minimum absolute atomic E-state index is 0.152. The average molecular weight is 242 g/mol. The number of nitrogens with two attached hydrogens (primary N) is 1. The molecule has 0 atom stereocenters. The highest BCUT2D eigenvalue weighted by atomic mass is 16.1. The quantitative estimate of drug-likeness (QED) is 0.843. The Balaban J connectivity index is 2.08. The van der Waals surface area contributed by atoms with E-state index in [1.54, 1.807) is 17.1 Å². The van der Waals surface area contributed by atoms with Crippen LogP contribution in [0.2, 0.25) is 0 Å². The van der Waals surface area contributed by atoms with Crippen molar-refractivity contribution >= 4 is 11.6 Å². The summed E-state index contributed by atoms with van der Waals surface area (Å²) in [5.41, 5.74) is 9.68. The van der Waals surface area contributed by atoms with Crippen LogP contribution in [-0.4, -0.2) is 22.0 Å². The zero-order chi connectivity index (χ0) is 12.5. The van der Waals surface area contributed by atoms with Gasteiger partial charge in [0.1, 0.15) is 6.54 Å². The number of hydrogen-bond donors (Lipinski definition) is 2. The second-order valence-corrected chi connectivity index (χ2v) is 4.39. The van der Waals surface area contributed by atoms with Crippen LogP contribution in [0.3, 0.4) is 0 Å². The first kappa shape index (κ1) is 10.8. The molecule has 18 heavy (non-hydrogen) atoms. The summed E-state index contributed by atoms with van der Waals surface area (Å²) >= 11 is 0. The van der Waals surface area contributed by atoms with Crippen molar-refractivity contribution in [3.8, 4) is 11.3 Å². The van der Waals surface area contributed by atoms with Gasteiger partial charge >= 0.3 is 0 Å². The molecule has 3 rings (SSSR count). The summed E-state index contributed by atoms with van der Waals surface area (Å²) in [4.78, 5) is 15.1. The van der Waals surface area contributed by atoms with Gasteiger partial charge in [0, 0.05) is 17.8 Å². The number of hydrogen-bond acceptors (Lipinski definition) is 3. The molecule has 2 heterocycles. The van der Waals surface area contributed by atoms with Crippen molar-refractivity contribution in [2.75, 3.05) is 11.9 Å². The molecular weight excluding hydrogens is 228 g/mol. The number of carbonyl (C=O) groups is 1. The third-order valence-electron chi connectivity index (χ3n) is 3.16. The maximum Gasteiger partial charge on any atom is 0.237 e. The van der Waals surface area contributed by atoms with E-state index in [-0.39, 0.29) is 12.5 Å². The molecule has 0 radical (unpaired) electrons.